The standard InChI is InChI=1S/C24H19FN8S/c1-2-26-8-13-7-15(10-27-9-13)16-11-29-23-18(19(16)25)22(32-33-23)24-30-17-3-5-28-20(21(17)31-24)14-4-6-34-12-14/h3-7,9-12,26H,2,8H2,1H3,(H,30,31)(H,29,32,33). The Hall–Kier alpha value is -4.02. The predicted molar refractivity (Wildman–Crippen MR) is 131 cm³/mol. The third kappa shape index (κ3) is 3.44. The number of aromatic nitrogens is 7. The highest BCUT2D eigenvalue weighted by molar-refractivity contribution is 7.08. The number of imidazole rings is 1. The highest BCUT2D eigenvalue weighted by Gasteiger charge is 2.21. The first-order chi connectivity index (χ1) is 16.7. The third-order valence-electron chi connectivity index (χ3n) is 5.63. The molecule has 0 spiro atoms. The van der Waals surface area contributed by atoms with Crippen molar-refractivity contribution in [2.45, 2.75) is 13.5 Å². The average molecular weight is 471 g/mol. The second kappa shape index (κ2) is 8.40. The molecule has 0 saturated heterocycles. The van der Waals surface area contributed by atoms with Gasteiger partial charge in [0.1, 0.15) is 17.0 Å². The minimum absolute atomic E-state index is 0.277. The number of hydrogen-bond acceptors (Lipinski definition) is 7. The van der Waals surface area contributed by atoms with Crippen LogP contribution in [0.1, 0.15) is 12.5 Å². The summed E-state index contributed by atoms with van der Waals surface area (Å²) in [6.45, 7) is 3.53. The van der Waals surface area contributed by atoms with Crippen LogP contribution in [0.25, 0.3) is 56.0 Å². The molecule has 0 aliphatic carbocycles. The van der Waals surface area contributed by atoms with Gasteiger partial charge in [-0.05, 0) is 35.7 Å². The fourth-order valence-electron chi connectivity index (χ4n) is 3.99. The van der Waals surface area contributed by atoms with Gasteiger partial charge in [-0.15, -0.1) is 0 Å². The normalized spacial score (nSPS) is 11.6. The molecular weight excluding hydrogens is 451 g/mol. The molecule has 0 amide bonds. The van der Waals surface area contributed by atoms with E-state index >= 15 is 4.39 Å². The summed E-state index contributed by atoms with van der Waals surface area (Å²) in [6, 6.07) is 5.76. The third-order valence-corrected chi connectivity index (χ3v) is 6.31. The first-order valence-electron chi connectivity index (χ1n) is 10.8. The van der Waals surface area contributed by atoms with Crippen LogP contribution in [0, 0.1) is 5.82 Å². The lowest BCUT2D eigenvalue weighted by Crippen LogP contribution is -2.11. The number of H-pyrrole nitrogens is 2. The molecule has 0 saturated carbocycles. The summed E-state index contributed by atoms with van der Waals surface area (Å²) in [6.07, 6.45) is 6.65. The Morgan fingerprint density at radius 3 is 2.88 bits per heavy atom. The SMILES string of the molecule is CCNCc1cncc(-c2cnc3[nH]nc(-c4nc5c(-c6ccsc6)nccc5[nH]4)c3c2F)c1. The lowest BCUT2D eigenvalue weighted by Gasteiger charge is -2.07. The van der Waals surface area contributed by atoms with Crippen molar-refractivity contribution in [1.29, 1.82) is 0 Å². The fraction of sp³-hybridized carbons (Fsp3) is 0.125. The molecular formula is C24H19FN8S. The van der Waals surface area contributed by atoms with E-state index in [4.69, 9.17) is 4.98 Å². The predicted octanol–water partition coefficient (Wildman–Crippen LogP) is 4.94. The number of fused-ring (bicyclic) bond motifs is 2. The molecule has 0 bridgehead atoms. The van der Waals surface area contributed by atoms with Crippen LogP contribution < -0.4 is 5.32 Å². The van der Waals surface area contributed by atoms with Gasteiger partial charge in [0, 0.05) is 53.4 Å². The van der Waals surface area contributed by atoms with Gasteiger partial charge in [0.15, 0.2) is 11.5 Å². The van der Waals surface area contributed by atoms with Crippen LogP contribution in [-0.4, -0.2) is 41.7 Å². The van der Waals surface area contributed by atoms with Crippen LogP contribution in [0.3, 0.4) is 0 Å². The van der Waals surface area contributed by atoms with Crippen LogP contribution in [0.15, 0.2) is 53.7 Å². The summed E-state index contributed by atoms with van der Waals surface area (Å²) >= 11 is 1.59. The number of hydrogen-bond donors (Lipinski definition) is 3. The zero-order valence-electron chi connectivity index (χ0n) is 18.1. The number of rotatable bonds is 6. The number of pyridine rings is 3. The van der Waals surface area contributed by atoms with Crippen molar-refractivity contribution in [3.8, 4) is 33.9 Å². The molecule has 0 aromatic carbocycles. The minimum Gasteiger partial charge on any atom is -0.336 e. The molecule has 6 aromatic rings. The Morgan fingerprint density at radius 2 is 2.03 bits per heavy atom. The lowest BCUT2D eigenvalue weighted by atomic mass is 10.1. The van der Waals surface area contributed by atoms with Crippen LogP contribution >= 0.6 is 11.3 Å². The van der Waals surface area contributed by atoms with Crippen LogP contribution in [0.4, 0.5) is 4.39 Å². The van der Waals surface area contributed by atoms with Gasteiger partial charge in [-0.1, -0.05) is 6.92 Å². The molecule has 0 atom stereocenters. The minimum atomic E-state index is -0.423. The summed E-state index contributed by atoms with van der Waals surface area (Å²) in [5.74, 6) is 0.0235. The maximum absolute atomic E-state index is 15.9. The van der Waals surface area contributed by atoms with Crippen molar-refractivity contribution >= 4 is 33.4 Å². The lowest BCUT2D eigenvalue weighted by molar-refractivity contribution is 0.642. The number of nitrogens with zero attached hydrogens (tertiary/aromatic N) is 5. The number of aromatic amines is 2. The number of nitrogens with one attached hydrogen (secondary N) is 3. The summed E-state index contributed by atoms with van der Waals surface area (Å²) in [7, 11) is 0. The van der Waals surface area contributed by atoms with Crippen LogP contribution in [-0.2, 0) is 6.54 Å². The fourth-order valence-corrected chi connectivity index (χ4v) is 4.63. The van der Waals surface area contributed by atoms with E-state index in [9.17, 15) is 0 Å². The molecule has 8 nitrogen and oxygen atoms in total. The van der Waals surface area contributed by atoms with Crippen LogP contribution in [0.5, 0.6) is 0 Å². The van der Waals surface area contributed by atoms with E-state index in [0.29, 0.717) is 40.4 Å². The molecule has 168 valence electrons. The molecule has 0 unspecified atom stereocenters. The van der Waals surface area contributed by atoms with Crippen molar-refractivity contribution in [3.63, 3.8) is 0 Å². The molecule has 0 aliphatic heterocycles. The monoisotopic (exact) mass is 470 g/mol. The molecule has 6 aromatic heterocycles. The Morgan fingerprint density at radius 1 is 1.09 bits per heavy atom. The summed E-state index contributed by atoms with van der Waals surface area (Å²) in [4.78, 5) is 21.2. The van der Waals surface area contributed by atoms with Crippen molar-refractivity contribution in [2.75, 3.05) is 6.54 Å². The first-order valence-corrected chi connectivity index (χ1v) is 11.7. The average Bonchev–Trinajstić information content (AvgIpc) is 3.62. The van der Waals surface area contributed by atoms with Gasteiger partial charge in [-0.25, -0.2) is 14.4 Å². The molecule has 34 heavy (non-hydrogen) atoms. The van der Waals surface area contributed by atoms with Gasteiger partial charge in [-0.2, -0.15) is 16.4 Å². The van der Waals surface area contributed by atoms with E-state index in [2.05, 4.69) is 35.5 Å². The highest BCUT2D eigenvalue weighted by Crippen LogP contribution is 2.34. The van der Waals surface area contributed by atoms with Gasteiger partial charge in [0.05, 0.1) is 16.6 Å². The molecule has 0 radical (unpaired) electrons. The highest BCUT2D eigenvalue weighted by atomic mass is 32.1. The Balaban J connectivity index is 1.48. The molecule has 0 aliphatic rings. The van der Waals surface area contributed by atoms with Crippen molar-refractivity contribution in [2.24, 2.45) is 0 Å². The zero-order valence-corrected chi connectivity index (χ0v) is 18.9. The second-order valence-electron chi connectivity index (χ2n) is 7.80. The van der Waals surface area contributed by atoms with Gasteiger partial charge in [-0.3, -0.25) is 15.1 Å². The molecule has 0 fully saturated rings. The van der Waals surface area contributed by atoms with Gasteiger partial charge in [0.25, 0.3) is 0 Å². The van der Waals surface area contributed by atoms with Crippen LogP contribution in [0.2, 0.25) is 0 Å². The maximum Gasteiger partial charge on any atom is 0.159 e. The number of halogens is 1. The number of thiophene rings is 1. The first kappa shape index (κ1) is 20.6. The van der Waals surface area contributed by atoms with Crippen molar-refractivity contribution < 1.29 is 4.39 Å². The summed E-state index contributed by atoms with van der Waals surface area (Å²) < 4.78 is 15.9. The van der Waals surface area contributed by atoms with E-state index in [1.165, 1.54) is 6.20 Å². The largest absolute Gasteiger partial charge is 0.336 e. The maximum atomic E-state index is 15.9. The van der Waals surface area contributed by atoms with Crippen molar-refractivity contribution in [1.82, 2.24) is 40.4 Å². The van der Waals surface area contributed by atoms with E-state index in [1.54, 1.807) is 29.9 Å². The second-order valence-corrected chi connectivity index (χ2v) is 8.58. The summed E-state index contributed by atoms with van der Waals surface area (Å²) in [5.41, 5.74) is 5.96. The summed E-state index contributed by atoms with van der Waals surface area (Å²) in [5, 5.41) is 14.7. The van der Waals surface area contributed by atoms with Gasteiger partial charge < -0.3 is 10.3 Å². The van der Waals surface area contributed by atoms with E-state index in [-0.39, 0.29) is 5.39 Å². The quantitative estimate of drug-likeness (QED) is 0.318. The Labute approximate surface area is 197 Å². The molecule has 3 N–H and O–H groups in total. The smallest absolute Gasteiger partial charge is 0.159 e. The topological polar surface area (TPSA) is 108 Å². The van der Waals surface area contributed by atoms with E-state index in [1.807, 2.05) is 35.9 Å². The molecule has 6 rings (SSSR count). The zero-order chi connectivity index (χ0) is 23.1. The van der Waals surface area contributed by atoms with Crippen molar-refractivity contribution in [3.05, 3.63) is 65.1 Å². The Bertz CT molecular complexity index is 1620. The van der Waals surface area contributed by atoms with Gasteiger partial charge in [0.2, 0.25) is 0 Å². The Kier molecular flexibility index (Phi) is 5.08. The van der Waals surface area contributed by atoms with E-state index in [0.717, 1.165) is 28.9 Å². The van der Waals surface area contributed by atoms with Gasteiger partial charge >= 0.3 is 0 Å². The van der Waals surface area contributed by atoms with E-state index < -0.39 is 5.82 Å². The molecule has 10 heteroatoms. The molecule has 6 heterocycles.